The zero-order chi connectivity index (χ0) is 15.7. The van der Waals surface area contributed by atoms with Crippen LogP contribution < -0.4 is 0 Å². The van der Waals surface area contributed by atoms with Crippen LogP contribution in [-0.2, 0) is 0 Å². The van der Waals surface area contributed by atoms with E-state index in [-0.39, 0.29) is 12.3 Å². The molecule has 2 rings (SSSR count). The molecule has 0 aromatic rings. The Morgan fingerprint density at radius 3 is 1.75 bits per heavy atom. The van der Waals surface area contributed by atoms with Gasteiger partial charge in [0, 0.05) is 17.2 Å². The third kappa shape index (κ3) is 1.97. The van der Waals surface area contributed by atoms with Gasteiger partial charge in [-0.25, -0.2) is 0 Å². The second kappa shape index (κ2) is 5.72. The lowest BCUT2D eigenvalue weighted by atomic mass is 9.69. The maximum absolute atomic E-state index is 6.47. The molecule has 20 heavy (non-hydrogen) atoms. The summed E-state index contributed by atoms with van der Waals surface area (Å²) in [6.07, 6.45) is 0.185. The average Bonchev–Trinajstić information content (AvgIpc) is 2.61. The van der Waals surface area contributed by atoms with Crippen molar-refractivity contribution < 1.29 is 0 Å². The Labute approximate surface area is 167 Å². The summed E-state index contributed by atoms with van der Waals surface area (Å²) in [5.74, 6) is -0.579. The summed E-state index contributed by atoms with van der Waals surface area (Å²) in [5.41, 5.74) is -2.46. The van der Waals surface area contributed by atoms with Gasteiger partial charge in [-0.1, -0.05) is 23.2 Å². The third-order valence-corrected chi connectivity index (χ3v) is 9.33. The van der Waals surface area contributed by atoms with Crippen LogP contribution >= 0.6 is 116 Å². The Balaban J connectivity index is 2.81. The molecule has 0 saturated heterocycles. The number of hydrogen-bond acceptors (Lipinski definition) is 0. The van der Waals surface area contributed by atoms with Gasteiger partial charge < -0.3 is 0 Å². The van der Waals surface area contributed by atoms with Gasteiger partial charge in [-0.15, -0.1) is 92.8 Å². The van der Waals surface area contributed by atoms with Gasteiger partial charge in [-0.05, 0) is 6.42 Å². The van der Waals surface area contributed by atoms with E-state index < -0.39 is 40.5 Å². The number of halogens is 10. The molecule has 2 aliphatic carbocycles. The van der Waals surface area contributed by atoms with Crippen molar-refractivity contribution in [2.24, 2.45) is 16.7 Å². The van der Waals surface area contributed by atoms with Crippen molar-refractivity contribution in [1.82, 2.24) is 0 Å². The summed E-state index contributed by atoms with van der Waals surface area (Å²) < 4.78 is -2.80. The Morgan fingerprint density at radius 2 is 1.45 bits per heavy atom. The van der Waals surface area contributed by atoms with Gasteiger partial charge in [0.25, 0.3) is 0 Å². The van der Waals surface area contributed by atoms with Crippen LogP contribution in [0.4, 0.5) is 0 Å². The molecule has 2 unspecified atom stereocenters. The SMILES string of the molecule is ClCC1(C(Cl)Cl)[C@@H]2CC(Cl)(Cl)C1(C(Cl)Cl)[C@H](Cl)C2(Cl)Cl. The van der Waals surface area contributed by atoms with E-state index in [1.54, 1.807) is 0 Å². The lowest BCUT2D eigenvalue weighted by Crippen LogP contribution is -2.59. The molecule has 118 valence electrons. The van der Waals surface area contributed by atoms with E-state index in [1.807, 2.05) is 0 Å². The molecule has 2 bridgehead atoms. The lowest BCUT2D eigenvalue weighted by molar-refractivity contribution is 0.137. The Hall–Kier alpha value is 2.90. The van der Waals surface area contributed by atoms with Gasteiger partial charge in [-0.3, -0.25) is 0 Å². The van der Waals surface area contributed by atoms with Crippen LogP contribution in [0.25, 0.3) is 0 Å². The maximum Gasteiger partial charge on any atom is 0.138 e. The summed E-state index contributed by atoms with van der Waals surface area (Å²) in [7, 11) is 0. The average molecular weight is 483 g/mol. The molecule has 0 aromatic carbocycles. The van der Waals surface area contributed by atoms with Gasteiger partial charge in [0.15, 0.2) is 0 Å². The van der Waals surface area contributed by atoms with Crippen molar-refractivity contribution in [1.29, 1.82) is 0 Å². The topological polar surface area (TPSA) is 0 Å². The summed E-state index contributed by atoms with van der Waals surface area (Å²) >= 11 is 63.2. The zero-order valence-corrected chi connectivity index (χ0v) is 17.1. The lowest BCUT2D eigenvalue weighted by Gasteiger charge is -2.50. The molecule has 2 fully saturated rings. The minimum atomic E-state index is -1.40. The maximum atomic E-state index is 6.47. The number of hydrogen-bond donors (Lipinski definition) is 0. The second-order valence-electron chi connectivity index (χ2n) is 5.14. The fraction of sp³-hybridized carbons (Fsp3) is 1.00. The first-order chi connectivity index (χ1) is 8.94. The second-order valence-corrected chi connectivity index (χ2v) is 11.0. The van der Waals surface area contributed by atoms with E-state index in [0.29, 0.717) is 0 Å². The molecule has 10 heteroatoms. The van der Waals surface area contributed by atoms with Crippen LogP contribution in [0.1, 0.15) is 6.42 Å². The highest BCUT2D eigenvalue weighted by molar-refractivity contribution is 6.58. The summed E-state index contributed by atoms with van der Waals surface area (Å²) in [4.78, 5) is -2.10. The highest BCUT2D eigenvalue weighted by Crippen LogP contribution is 2.83. The van der Waals surface area contributed by atoms with E-state index in [0.717, 1.165) is 0 Å². The van der Waals surface area contributed by atoms with Gasteiger partial charge in [-0.2, -0.15) is 0 Å². The smallest absolute Gasteiger partial charge is 0.126 e. The van der Waals surface area contributed by atoms with Gasteiger partial charge in [0.2, 0.25) is 0 Å². The van der Waals surface area contributed by atoms with Crippen LogP contribution in [-0.4, -0.2) is 29.6 Å². The predicted molar refractivity (Wildman–Crippen MR) is 93.2 cm³/mol. The molecule has 0 aliphatic heterocycles. The molecule has 2 aliphatic rings. The number of alkyl halides is 10. The molecule has 0 spiro atoms. The van der Waals surface area contributed by atoms with Crippen LogP contribution in [0.2, 0.25) is 0 Å². The number of rotatable bonds is 3. The van der Waals surface area contributed by atoms with E-state index in [4.69, 9.17) is 116 Å². The molecule has 0 heterocycles. The van der Waals surface area contributed by atoms with Crippen molar-refractivity contribution in [3.8, 4) is 0 Å². The first-order valence-electron chi connectivity index (χ1n) is 5.46. The summed E-state index contributed by atoms with van der Waals surface area (Å²) in [5, 5.41) is -0.967. The minimum Gasteiger partial charge on any atom is -0.126 e. The standard InChI is InChI=1S/C10H8Cl10/c11-2-7(5(13)14)3-1-8(17,18)9(7,6(15)16)4(12)10(3,19)20/h3-6H,1-2H2/t3-,4-,7?,9?/m0/s1. The van der Waals surface area contributed by atoms with Gasteiger partial charge in [0.05, 0.1) is 10.8 Å². The number of fused-ring (bicyclic) bond motifs is 2. The van der Waals surface area contributed by atoms with Crippen molar-refractivity contribution in [3.63, 3.8) is 0 Å². The molecule has 0 nitrogen and oxygen atoms in total. The van der Waals surface area contributed by atoms with Gasteiger partial charge >= 0.3 is 0 Å². The molecule has 2 saturated carbocycles. The molecular formula is C10H8Cl10. The molecule has 0 radical (unpaired) electrons. The van der Waals surface area contributed by atoms with Crippen LogP contribution in [0.3, 0.4) is 0 Å². The van der Waals surface area contributed by atoms with Crippen molar-refractivity contribution >= 4 is 116 Å². The quantitative estimate of drug-likeness (QED) is 0.388. The van der Waals surface area contributed by atoms with Crippen LogP contribution in [0, 0.1) is 16.7 Å². The van der Waals surface area contributed by atoms with E-state index in [1.165, 1.54) is 0 Å². The normalized spacial score (nSPS) is 45.6. The van der Waals surface area contributed by atoms with E-state index in [9.17, 15) is 0 Å². The largest absolute Gasteiger partial charge is 0.138 e. The van der Waals surface area contributed by atoms with Crippen molar-refractivity contribution in [2.75, 3.05) is 5.88 Å². The third-order valence-electron chi connectivity index (χ3n) is 4.61. The first-order valence-corrected chi connectivity index (χ1v) is 9.69. The van der Waals surface area contributed by atoms with Crippen molar-refractivity contribution in [2.45, 2.75) is 30.1 Å². The fourth-order valence-electron chi connectivity index (χ4n) is 3.69. The molecule has 0 amide bonds. The Kier molecular flexibility index (Phi) is 5.50. The van der Waals surface area contributed by atoms with E-state index in [2.05, 4.69) is 0 Å². The van der Waals surface area contributed by atoms with Crippen LogP contribution in [0.5, 0.6) is 0 Å². The van der Waals surface area contributed by atoms with E-state index >= 15 is 0 Å². The predicted octanol–water partition coefficient (Wildman–Crippen LogP) is 6.79. The molecular weight excluding hydrogens is 475 g/mol. The molecule has 0 aromatic heterocycles. The van der Waals surface area contributed by atoms with Gasteiger partial charge in [0.1, 0.15) is 18.3 Å². The molecule has 0 N–H and O–H groups in total. The minimum absolute atomic E-state index is 0.0309. The monoisotopic (exact) mass is 478 g/mol. The van der Waals surface area contributed by atoms with Crippen molar-refractivity contribution in [3.05, 3.63) is 0 Å². The zero-order valence-electron chi connectivity index (χ0n) is 9.50. The fourth-order valence-corrected chi connectivity index (χ4v) is 9.37. The first kappa shape index (κ1) is 19.2. The summed E-state index contributed by atoms with van der Waals surface area (Å²) in [6, 6.07) is 0. The highest BCUT2D eigenvalue weighted by Gasteiger charge is 2.87. The highest BCUT2D eigenvalue weighted by atomic mass is 35.5. The molecule has 4 atom stereocenters. The van der Waals surface area contributed by atoms with Crippen LogP contribution in [0.15, 0.2) is 0 Å². The Morgan fingerprint density at radius 1 is 0.950 bits per heavy atom. The Bertz CT molecular complexity index is 407. The summed E-state index contributed by atoms with van der Waals surface area (Å²) in [6.45, 7) is 0.